The van der Waals surface area contributed by atoms with Gasteiger partial charge in [0.1, 0.15) is 0 Å². The van der Waals surface area contributed by atoms with E-state index in [0.717, 1.165) is 54.4 Å². The lowest BCUT2D eigenvalue weighted by Gasteiger charge is -2.15. The minimum Gasteiger partial charge on any atom is -0.388 e. The van der Waals surface area contributed by atoms with Crippen molar-refractivity contribution in [3.63, 3.8) is 0 Å². The van der Waals surface area contributed by atoms with Crippen LogP contribution >= 0.6 is 11.8 Å². The SMILES string of the molecule is C/C=C(\S/C=C(\C)Cc1cc(C)c(CC[N+](=O)[O-])cc1C)c1ccc2c(c1)C(O)CCCC2. The summed E-state index contributed by atoms with van der Waals surface area (Å²) in [5.41, 5.74) is 9.44. The van der Waals surface area contributed by atoms with E-state index in [9.17, 15) is 15.2 Å². The van der Waals surface area contributed by atoms with Gasteiger partial charge in [-0.2, -0.15) is 0 Å². The molecule has 5 heteroatoms. The third-order valence-electron chi connectivity index (χ3n) is 6.44. The minimum atomic E-state index is -0.359. The van der Waals surface area contributed by atoms with Crippen molar-refractivity contribution in [3.05, 3.63) is 96.4 Å². The van der Waals surface area contributed by atoms with Crippen molar-refractivity contribution in [1.29, 1.82) is 0 Å². The zero-order chi connectivity index (χ0) is 24.0. The van der Waals surface area contributed by atoms with Crippen molar-refractivity contribution in [2.75, 3.05) is 6.54 Å². The number of thioether (sulfide) groups is 1. The number of hydrogen-bond acceptors (Lipinski definition) is 4. The monoisotopic (exact) mass is 465 g/mol. The average Bonchev–Trinajstić information content (AvgIpc) is 2.96. The van der Waals surface area contributed by atoms with Gasteiger partial charge < -0.3 is 5.11 Å². The summed E-state index contributed by atoms with van der Waals surface area (Å²) >= 11 is 1.73. The lowest BCUT2D eigenvalue weighted by atomic mass is 9.95. The fourth-order valence-electron chi connectivity index (χ4n) is 4.51. The normalized spacial score (nSPS) is 16.9. The number of fused-ring (bicyclic) bond motifs is 1. The zero-order valence-corrected chi connectivity index (χ0v) is 21.0. The van der Waals surface area contributed by atoms with Crippen LogP contribution in [0, 0.1) is 24.0 Å². The van der Waals surface area contributed by atoms with Crippen LogP contribution in [0.5, 0.6) is 0 Å². The summed E-state index contributed by atoms with van der Waals surface area (Å²) in [6.45, 7) is 8.31. The molecule has 1 aliphatic rings. The molecular weight excluding hydrogens is 430 g/mol. The fourth-order valence-corrected chi connectivity index (χ4v) is 5.32. The molecule has 0 heterocycles. The summed E-state index contributed by atoms with van der Waals surface area (Å²) in [4.78, 5) is 11.7. The minimum absolute atomic E-state index is 0.0267. The molecule has 1 N–H and O–H groups in total. The molecule has 1 aliphatic carbocycles. The van der Waals surface area contributed by atoms with Crippen molar-refractivity contribution in [2.45, 2.75) is 72.3 Å². The number of aliphatic hydroxyl groups excluding tert-OH is 1. The van der Waals surface area contributed by atoms with Gasteiger partial charge in [0.2, 0.25) is 6.54 Å². The molecule has 1 unspecified atom stereocenters. The van der Waals surface area contributed by atoms with Crippen molar-refractivity contribution in [2.24, 2.45) is 0 Å². The van der Waals surface area contributed by atoms with Gasteiger partial charge in [0.05, 0.1) is 6.10 Å². The first-order chi connectivity index (χ1) is 15.8. The quantitative estimate of drug-likeness (QED) is 0.256. The van der Waals surface area contributed by atoms with Crippen LogP contribution in [0.15, 0.2) is 47.4 Å². The van der Waals surface area contributed by atoms with Gasteiger partial charge in [0.25, 0.3) is 0 Å². The van der Waals surface area contributed by atoms with Gasteiger partial charge in [0.15, 0.2) is 0 Å². The van der Waals surface area contributed by atoms with Crippen molar-refractivity contribution < 1.29 is 10.0 Å². The van der Waals surface area contributed by atoms with Crippen molar-refractivity contribution in [3.8, 4) is 0 Å². The molecule has 0 aromatic heterocycles. The van der Waals surface area contributed by atoms with Gasteiger partial charge >= 0.3 is 0 Å². The Hall–Kier alpha value is -2.37. The molecule has 0 saturated carbocycles. The lowest BCUT2D eigenvalue weighted by Crippen LogP contribution is -2.06. The first kappa shape index (κ1) is 25.3. The molecule has 0 fully saturated rings. The van der Waals surface area contributed by atoms with E-state index < -0.39 is 0 Å². The second-order valence-electron chi connectivity index (χ2n) is 9.10. The Bertz CT molecular complexity index is 1070. The van der Waals surface area contributed by atoms with Gasteiger partial charge in [-0.05, 0) is 104 Å². The molecule has 2 aromatic rings. The third kappa shape index (κ3) is 6.81. The summed E-state index contributed by atoms with van der Waals surface area (Å²) in [6, 6.07) is 10.8. The maximum atomic E-state index is 10.7. The standard InChI is InChI=1S/C28H35NO3S/c1-5-28(24-11-10-22-8-6-7-9-27(30)26(22)17-24)33-18-19(2)14-25-16-20(3)23(15-21(25)4)12-13-29(31)32/h5,10-11,15-18,27,30H,6-9,12-14H2,1-4H3/b19-18+,28-5-. The molecular formula is C28H35NO3S. The molecule has 0 bridgehead atoms. The van der Waals surface area contributed by atoms with Crippen LogP contribution in [-0.4, -0.2) is 16.6 Å². The molecule has 0 spiro atoms. The zero-order valence-electron chi connectivity index (χ0n) is 20.2. The van der Waals surface area contributed by atoms with Crippen LogP contribution in [0.4, 0.5) is 0 Å². The number of hydrogen-bond donors (Lipinski definition) is 1. The molecule has 176 valence electrons. The number of aryl methyl sites for hydroxylation is 3. The number of rotatable bonds is 8. The maximum Gasteiger partial charge on any atom is 0.207 e. The van der Waals surface area contributed by atoms with Crippen molar-refractivity contribution >= 4 is 16.7 Å². The first-order valence-electron chi connectivity index (χ1n) is 11.8. The predicted molar refractivity (Wildman–Crippen MR) is 139 cm³/mol. The van der Waals surface area contributed by atoms with Crippen molar-refractivity contribution in [1.82, 2.24) is 0 Å². The van der Waals surface area contributed by atoms with Gasteiger partial charge in [-0.25, -0.2) is 0 Å². The van der Waals surface area contributed by atoms with E-state index in [4.69, 9.17) is 0 Å². The van der Waals surface area contributed by atoms with Crippen LogP contribution < -0.4 is 0 Å². The number of allylic oxidation sites excluding steroid dienone is 2. The van der Waals surface area contributed by atoms with E-state index in [2.05, 4.69) is 62.6 Å². The Morgan fingerprint density at radius 3 is 2.64 bits per heavy atom. The van der Waals surface area contributed by atoms with E-state index >= 15 is 0 Å². The number of benzene rings is 2. The van der Waals surface area contributed by atoms with Gasteiger partial charge in [-0.15, -0.1) is 0 Å². The summed E-state index contributed by atoms with van der Waals surface area (Å²) in [6.07, 6.45) is 7.23. The van der Waals surface area contributed by atoms with Crippen LogP contribution in [0.2, 0.25) is 0 Å². The number of nitro groups is 1. The summed E-state index contributed by atoms with van der Waals surface area (Å²) in [5, 5.41) is 23.5. The highest BCUT2D eigenvalue weighted by Gasteiger charge is 2.17. The van der Waals surface area contributed by atoms with Gasteiger partial charge in [-0.3, -0.25) is 10.1 Å². The second kappa shape index (κ2) is 11.7. The third-order valence-corrected chi connectivity index (χ3v) is 7.69. The Kier molecular flexibility index (Phi) is 8.93. The van der Waals surface area contributed by atoms with E-state index in [-0.39, 0.29) is 17.6 Å². The van der Waals surface area contributed by atoms with E-state index in [0.29, 0.717) is 6.42 Å². The summed E-state index contributed by atoms with van der Waals surface area (Å²) < 4.78 is 0. The summed E-state index contributed by atoms with van der Waals surface area (Å²) in [5.74, 6) is 0. The van der Waals surface area contributed by atoms with Crippen LogP contribution in [0.1, 0.15) is 78.2 Å². The highest BCUT2D eigenvalue weighted by Crippen LogP contribution is 2.35. The van der Waals surface area contributed by atoms with Crippen LogP contribution in [-0.2, 0) is 19.3 Å². The Morgan fingerprint density at radius 2 is 1.91 bits per heavy atom. The van der Waals surface area contributed by atoms with Crippen LogP contribution in [0.25, 0.3) is 4.91 Å². The average molecular weight is 466 g/mol. The van der Waals surface area contributed by atoms with Gasteiger partial charge in [-0.1, -0.05) is 54.1 Å². The molecule has 4 nitrogen and oxygen atoms in total. The first-order valence-corrected chi connectivity index (χ1v) is 12.7. The predicted octanol–water partition coefficient (Wildman–Crippen LogP) is 7.12. The second-order valence-corrected chi connectivity index (χ2v) is 10.0. The van der Waals surface area contributed by atoms with E-state index in [1.54, 1.807) is 11.8 Å². The molecule has 0 radical (unpaired) electrons. The Balaban J connectivity index is 1.71. The molecule has 3 rings (SSSR count). The molecule has 0 amide bonds. The largest absolute Gasteiger partial charge is 0.388 e. The molecule has 2 aromatic carbocycles. The van der Waals surface area contributed by atoms with E-state index in [1.165, 1.54) is 27.2 Å². The maximum absolute atomic E-state index is 10.7. The molecule has 0 saturated heterocycles. The molecule has 33 heavy (non-hydrogen) atoms. The summed E-state index contributed by atoms with van der Waals surface area (Å²) in [7, 11) is 0. The van der Waals surface area contributed by atoms with E-state index in [1.807, 2.05) is 6.92 Å². The fraction of sp³-hybridized carbons (Fsp3) is 0.429. The Morgan fingerprint density at radius 1 is 1.18 bits per heavy atom. The van der Waals surface area contributed by atoms with Crippen LogP contribution in [0.3, 0.4) is 0 Å². The molecule has 0 aliphatic heterocycles. The lowest BCUT2D eigenvalue weighted by molar-refractivity contribution is -0.479. The number of aliphatic hydroxyl groups is 1. The smallest absolute Gasteiger partial charge is 0.207 e. The molecule has 1 atom stereocenters. The highest BCUT2D eigenvalue weighted by atomic mass is 32.2. The van der Waals surface area contributed by atoms with Gasteiger partial charge in [0, 0.05) is 16.2 Å². The highest BCUT2D eigenvalue weighted by molar-refractivity contribution is 8.10. The Labute approximate surface area is 202 Å². The number of nitrogens with zero attached hydrogens (tertiary/aromatic N) is 1. The topological polar surface area (TPSA) is 63.4 Å².